The molecule has 17 heteroatoms. The summed E-state index contributed by atoms with van der Waals surface area (Å²) >= 11 is 1.03. The maximum absolute atomic E-state index is 14.4. The predicted molar refractivity (Wildman–Crippen MR) is 167 cm³/mol. The van der Waals surface area contributed by atoms with Gasteiger partial charge >= 0.3 is 13.3 Å². The van der Waals surface area contributed by atoms with E-state index in [0.29, 0.717) is 63.2 Å². The van der Waals surface area contributed by atoms with E-state index >= 15 is 0 Å². The van der Waals surface area contributed by atoms with Crippen LogP contribution in [0.2, 0.25) is 0 Å². The summed E-state index contributed by atoms with van der Waals surface area (Å²) in [5, 5.41) is 4.85. The van der Waals surface area contributed by atoms with E-state index in [0.717, 1.165) is 47.6 Å². The van der Waals surface area contributed by atoms with Crippen LogP contribution in [0.15, 0.2) is 24.3 Å². The lowest BCUT2D eigenvalue weighted by atomic mass is 9.99. The van der Waals surface area contributed by atoms with Crippen molar-refractivity contribution in [3.8, 4) is 0 Å². The molecule has 0 bridgehead atoms. The Morgan fingerprint density at radius 3 is 2.52 bits per heavy atom. The highest BCUT2D eigenvalue weighted by atomic mass is 32.1. The first-order chi connectivity index (χ1) is 22.7. The molecule has 6 aliphatic rings. The zero-order chi connectivity index (χ0) is 33.8. The number of rotatable bonds is 7. The number of likely N-dealkylation sites (tertiary alicyclic amines) is 1. The van der Waals surface area contributed by atoms with Crippen LogP contribution in [0.3, 0.4) is 0 Å². The smallest absolute Gasteiger partial charge is 0.377 e. The van der Waals surface area contributed by atoms with Gasteiger partial charge in [0, 0.05) is 29.3 Å². The number of hydrogen-bond donors (Lipinski definition) is 3. The Bertz CT molecular complexity index is 1770. The van der Waals surface area contributed by atoms with Crippen LogP contribution in [0, 0.1) is 15.7 Å². The number of halogens is 2. The number of amides is 3. The summed E-state index contributed by atoms with van der Waals surface area (Å²) in [5.74, 6) is -1.02. The molecule has 0 spiro atoms. The van der Waals surface area contributed by atoms with E-state index in [2.05, 4.69) is 5.32 Å². The third-order valence-corrected chi connectivity index (χ3v) is 13.7. The van der Waals surface area contributed by atoms with Crippen LogP contribution in [0.4, 0.5) is 8.78 Å². The van der Waals surface area contributed by atoms with Crippen LogP contribution in [0.1, 0.15) is 60.2 Å². The normalized spacial score (nSPS) is 33.1. The Labute approximate surface area is 278 Å². The molecule has 4 aliphatic heterocycles. The highest BCUT2D eigenvalue weighted by molar-refractivity contribution is 7.52. The minimum absolute atomic E-state index is 0.0111. The van der Waals surface area contributed by atoms with E-state index in [4.69, 9.17) is 14.5 Å². The summed E-state index contributed by atoms with van der Waals surface area (Å²) in [4.78, 5) is 77.7. The molecule has 1 aromatic carbocycles. The van der Waals surface area contributed by atoms with Crippen molar-refractivity contribution < 1.29 is 47.1 Å². The second kappa shape index (κ2) is 11.0. The zero-order valence-corrected chi connectivity index (χ0v) is 27.8. The Kier molecular flexibility index (Phi) is 7.36. The van der Waals surface area contributed by atoms with Crippen LogP contribution < -0.4 is 5.32 Å². The van der Waals surface area contributed by atoms with E-state index in [9.17, 15) is 32.6 Å². The van der Waals surface area contributed by atoms with Crippen molar-refractivity contribution in [2.75, 3.05) is 39.4 Å². The second-order valence-corrected chi connectivity index (χ2v) is 17.1. The summed E-state index contributed by atoms with van der Waals surface area (Å²) in [6.07, 6.45) is 5.01. The largest absolute Gasteiger partial charge is 0.399 e. The first-order valence-corrected chi connectivity index (χ1v) is 18.8. The fourth-order valence-electron chi connectivity index (χ4n) is 8.81. The molecule has 2 aliphatic carbocycles. The van der Waals surface area contributed by atoms with Crippen molar-refractivity contribution in [1.82, 2.24) is 20.1 Å². The SMILES string of the molecule is O=C(N[C@H]1CC23CC2(C[C@H]2CC[C@@H](C(=O)N4CC[C@@H]([N+](=O)N5CCOCC5)C4)N2C1=O)C3)c1cc2cc(C(F)(F)P(=O)(O)O)ccc2s1. The first kappa shape index (κ1) is 32.2. The summed E-state index contributed by atoms with van der Waals surface area (Å²) in [7, 11) is -5.77. The molecule has 1 aromatic heterocycles. The summed E-state index contributed by atoms with van der Waals surface area (Å²) in [6, 6.07) is 2.54. The molecule has 8 rings (SSSR count). The van der Waals surface area contributed by atoms with Gasteiger partial charge in [-0.15, -0.1) is 16.3 Å². The molecule has 5 heterocycles. The highest BCUT2D eigenvalue weighted by Gasteiger charge is 2.83. The Hall–Kier alpha value is -3.04. The van der Waals surface area contributed by atoms with Gasteiger partial charge in [0.15, 0.2) is 0 Å². The summed E-state index contributed by atoms with van der Waals surface area (Å²) in [6.45, 7) is 2.69. The lowest BCUT2D eigenvalue weighted by molar-refractivity contribution is -0.735. The summed E-state index contributed by atoms with van der Waals surface area (Å²) in [5.41, 5.74) is -5.09. The molecule has 4 saturated heterocycles. The number of alkyl halides is 2. The number of nitrogens with one attached hydrogen (secondary N) is 1. The quantitative estimate of drug-likeness (QED) is 0.291. The number of thiophene rings is 1. The highest BCUT2D eigenvalue weighted by Crippen LogP contribution is 2.90. The number of nitrogens with zero attached hydrogens (tertiary/aromatic N) is 4. The third-order valence-electron chi connectivity index (χ3n) is 11.6. The number of carbonyl (C=O) groups excluding carboxylic acids is 3. The number of ether oxygens (including phenoxy) is 1. The monoisotopic (exact) mass is 708 g/mol. The molecule has 3 amide bonds. The van der Waals surface area contributed by atoms with E-state index in [1.54, 1.807) is 14.8 Å². The van der Waals surface area contributed by atoms with Crippen molar-refractivity contribution in [2.24, 2.45) is 10.8 Å². The van der Waals surface area contributed by atoms with E-state index in [-0.39, 0.29) is 51.5 Å². The molecule has 2 saturated carbocycles. The van der Waals surface area contributed by atoms with Gasteiger partial charge < -0.3 is 29.6 Å². The van der Waals surface area contributed by atoms with Crippen LogP contribution in [-0.2, 0) is 24.6 Å². The number of benzene rings is 1. The minimum Gasteiger partial charge on any atom is -0.377 e. The number of nitroso groups, excluding NO2 is 1. The molecular formula is C31H37F2N5O8PS+. The molecule has 13 nitrogen and oxygen atoms in total. The number of morpholine rings is 1. The van der Waals surface area contributed by atoms with Gasteiger partial charge in [0.2, 0.25) is 11.8 Å². The number of fused-ring (bicyclic) bond motifs is 2. The second-order valence-electron chi connectivity index (χ2n) is 14.4. The molecule has 6 fully saturated rings. The molecule has 48 heavy (non-hydrogen) atoms. The van der Waals surface area contributed by atoms with E-state index in [1.165, 1.54) is 12.1 Å². The fraction of sp³-hybridized carbons (Fsp3) is 0.645. The maximum atomic E-state index is 14.4. The van der Waals surface area contributed by atoms with Crippen molar-refractivity contribution in [3.05, 3.63) is 39.6 Å². The maximum Gasteiger partial charge on any atom is 0.399 e. The number of hydrogen-bond acceptors (Lipinski definition) is 7. The number of hydrazine groups is 1. The van der Waals surface area contributed by atoms with Gasteiger partial charge in [-0.1, -0.05) is 6.07 Å². The van der Waals surface area contributed by atoms with Crippen molar-refractivity contribution in [3.63, 3.8) is 0 Å². The topological polar surface area (TPSA) is 160 Å². The van der Waals surface area contributed by atoms with Gasteiger partial charge in [-0.3, -0.25) is 18.9 Å². The molecule has 0 radical (unpaired) electrons. The predicted octanol–water partition coefficient (Wildman–Crippen LogP) is 2.79. The average Bonchev–Trinajstić information content (AvgIpc) is 3.49. The van der Waals surface area contributed by atoms with Crippen molar-refractivity contribution in [1.29, 1.82) is 0 Å². The van der Waals surface area contributed by atoms with Crippen LogP contribution in [-0.4, -0.2) is 111 Å². The van der Waals surface area contributed by atoms with Crippen molar-refractivity contribution >= 4 is 46.7 Å². The van der Waals surface area contributed by atoms with Gasteiger partial charge in [0.1, 0.15) is 30.0 Å². The lowest BCUT2D eigenvalue weighted by Gasteiger charge is -2.36. The molecule has 0 unspecified atom stereocenters. The van der Waals surface area contributed by atoms with E-state index < -0.39 is 36.8 Å². The van der Waals surface area contributed by atoms with Gasteiger partial charge in [-0.05, 0) is 72.9 Å². The lowest BCUT2D eigenvalue weighted by Crippen LogP contribution is -2.57. The molecule has 4 atom stereocenters. The minimum atomic E-state index is -5.77. The van der Waals surface area contributed by atoms with Crippen LogP contribution >= 0.6 is 18.9 Å². The number of carbonyl (C=O) groups is 3. The van der Waals surface area contributed by atoms with Gasteiger partial charge in [-0.25, -0.2) is 0 Å². The van der Waals surface area contributed by atoms with E-state index in [1.807, 2.05) is 0 Å². The van der Waals surface area contributed by atoms with Gasteiger partial charge in [0.25, 0.3) is 11.9 Å². The first-order valence-electron chi connectivity index (χ1n) is 16.4. The Morgan fingerprint density at radius 1 is 1.06 bits per heavy atom. The van der Waals surface area contributed by atoms with Crippen LogP contribution in [0.25, 0.3) is 10.1 Å². The Balaban J connectivity index is 0.996. The molecule has 2 aromatic rings. The third kappa shape index (κ3) is 5.09. The fourth-order valence-corrected chi connectivity index (χ4v) is 10.2. The van der Waals surface area contributed by atoms with Gasteiger partial charge in [-0.2, -0.15) is 8.78 Å². The summed E-state index contributed by atoms with van der Waals surface area (Å²) < 4.78 is 45.9. The molecule has 3 N–H and O–H groups in total. The Morgan fingerprint density at radius 2 is 1.79 bits per heavy atom. The average molecular weight is 709 g/mol. The standard InChI is InChI=1S/C31H36F2N5O8PS/c32-31(33,47(43,44)45)19-1-4-24-18(11-19)12-25(48-24)26(39)34-22-14-30-16-29(30,17-30)13-20-2-3-23(37(20)27(22)40)28(41)35-6-5-21(15-35)38(42)36-7-9-46-10-8-36/h1,4,11-12,20-23H,2-3,5-10,13-17H2,(H2-,34,39,43,44,45)/p+1/t20-,21-,22+,23+,29?,30?/m1/s1. The molecular weight excluding hydrogens is 671 g/mol. The van der Waals surface area contributed by atoms with Crippen molar-refractivity contribution in [2.45, 2.75) is 74.8 Å². The molecule has 258 valence electrons. The zero-order valence-electron chi connectivity index (χ0n) is 26.1. The van der Waals surface area contributed by atoms with Crippen LogP contribution in [0.5, 0.6) is 0 Å². The van der Waals surface area contributed by atoms with Gasteiger partial charge in [0.05, 0.1) is 29.5 Å².